The highest BCUT2D eigenvalue weighted by molar-refractivity contribution is 9.10. The van der Waals surface area contributed by atoms with E-state index in [1.807, 2.05) is 0 Å². The zero-order valence-electron chi connectivity index (χ0n) is 15.5. The summed E-state index contributed by atoms with van der Waals surface area (Å²) < 4.78 is 19.3. The second-order valence-corrected chi connectivity index (χ2v) is 7.03. The number of esters is 1. The van der Waals surface area contributed by atoms with Crippen LogP contribution in [0.4, 0.5) is 15.8 Å². The molecule has 0 aliphatic rings. The zero-order valence-corrected chi connectivity index (χ0v) is 17.1. The van der Waals surface area contributed by atoms with Gasteiger partial charge in [0.15, 0.2) is 6.61 Å². The van der Waals surface area contributed by atoms with Gasteiger partial charge in [-0.15, -0.1) is 0 Å². The first-order chi connectivity index (χ1) is 14.4. The van der Waals surface area contributed by atoms with Crippen LogP contribution in [0.15, 0.2) is 77.3 Å². The summed E-state index contributed by atoms with van der Waals surface area (Å²) in [5, 5.41) is 4.98. The SMILES string of the molecule is O=C(COC(=O)c1ccccc1NC(=O)c1ccccc1)Nc1ccc(Br)cc1F. The molecule has 6 nitrogen and oxygen atoms in total. The highest BCUT2D eigenvalue weighted by Gasteiger charge is 2.17. The smallest absolute Gasteiger partial charge is 0.340 e. The van der Waals surface area contributed by atoms with Crippen molar-refractivity contribution >= 4 is 45.1 Å². The summed E-state index contributed by atoms with van der Waals surface area (Å²) in [6.45, 7) is -0.616. The van der Waals surface area contributed by atoms with E-state index in [0.717, 1.165) is 0 Å². The van der Waals surface area contributed by atoms with Gasteiger partial charge >= 0.3 is 5.97 Å². The number of halogens is 2. The minimum Gasteiger partial charge on any atom is -0.452 e. The zero-order chi connectivity index (χ0) is 21.5. The number of nitrogens with one attached hydrogen (secondary N) is 2. The Balaban J connectivity index is 1.63. The standard InChI is InChI=1S/C22H16BrFN2O4/c23-15-10-11-19(17(24)12-15)25-20(27)13-30-22(29)16-8-4-5-9-18(16)26-21(28)14-6-2-1-3-7-14/h1-12H,13H2,(H,25,27)(H,26,28). The van der Waals surface area contributed by atoms with Gasteiger partial charge in [-0.2, -0.15) is 0 Å². The van der Waals surface area contributed by atoms with Gasteiger partial charge in [-0.25, -0.2) is 9.18 Å². The van der Waals surface area contributed by atoms with E-state index in [1.54, 1.807) is 54.6 Å². The molecule has 0 aromatic heterocycles. The van der Waals surface area contributed by atoms with Gasteiger partial charge in [-0.05, 0) is 42.5 Å². The minimum atomic E-state index is -0.801. The van der Waals surface area contributed by atoms with Gasteiger partial charge in [0.05, 0.1) is 16.9 Å². The van der Waals surface area contributed by atoms with Crippen molar-refractivity contribution in [3.05, 3.63) is 94.2 Å². The van der Waals surface area contributed by atoms with Crippen molar-refractivity contribution in [1.82, 2.24) is 0 Å². The lowest BCUT2D eigenvalue weighted by molar-refractivity contribution is -0.119. The Bertz CT molecular complexity index is 1090. The maximum Gasteiger partial charge on any atom is 0.340 e. The summed E-state index contributed by atoms with van der Waals surface area (Å²) in [6, 6.07) is 18.9. The van der Waals surface area contributed by atoms with Crippen LogP contribution in [0.25, 0.3) is 0 Å². The summed E-state index contributed by atoms with van der Waals surface area (Å²) in [5.74, 6) is -2.52. The first-order valence-corrected chi connectivity index (χ1v) is 9.61. The average Bonchev–Trinajstić information content (AvgIpc) is 2.75. The number of amides is 2. The molecule has 3 aromatic carbocycles. The van der Waals surface area contributed by atoms with Crippen molar-refractivity contribution in [3.8, 4) is 0 Å². The normalized spacial score (nSPS) is 10.2. The number of ether oxygens (including phenoxy) is 1. The van der Waals surface area contributed by atoms with Crippen molar-refractivity contribution in [2.75, 3.05) is 17.2 Å². The van der Waals surface area contributed by atoms with Crippen LogP contribution in [0, 0.1) is 5.82 Å². The van der Waals surface area contributed by atoms with Gasteiger partial charge in [0.1, 0.15) is 5.82 Å². The summed E-state index contributed by atoms with van der Waals surface area (Å²) in [6.07, 6.45) is 0. The van der Waals surface area contributed by atoms with Crippen LogP contribution >= 0.6 is 15.9 Å². The number of hydrogen-bond donors (Lipinski definition) is 2. The van der Waals surface area contributed by atoms with E-state index in [9.17, 15) is 18.8 Å². The molecule has 0 heterocycles. The number of benzene rings is 3. The van der Waals surface area contributed by atoms with Crippen molar-refractivity contribution in [3.63, 3.8) is 0 Å². The highest BCUT2D eigenvalue weighted by Crippen LogP contribution is 2.20. The fourth-order valence-corrected chi connectivity index (χ4v) is 2.87. The number of hydrogen-bond acceptors (Lipinski definition) is 4. The van der Waals surface area contributed by atoms with Crippen LogP contribution < -0.4 is 10.6 Å². The Kier molecular flexibility index (Phi) is 6.92. The molecule has 8 heteroatoms. The van der Waals surface area contributed by atoms with Gasteiger partial charge in [0, 0.05) is 10.0 Å². The molecule has 0 spiro atoms. The Hall–Kier alpha value is -3.52. The van der Waals surface area contributed by atoms with E-state index < -0.39 is 24.3 Å². The molecular weight excluding hydrogens is 455 g/mol. The fourth-order valence-electron chi connectivity index (χ4n) is 2.54. The quantitative estimate of drug-likeness (QED) is 0.514. The molecular formula is C22H16BrFN2O4. The van der Waals surface area contributed by atoms with Crippen molar-refractivity contribution in [2.24, 2.45) is 0 Å². The van der Waals surface area contributed by atoms with Crippen LogP contribution in [-0.2, 0) is 9.53 Å². The average molecular weight is 471 g/mol. The lowest BCUT2D eigenvalue weighted by atomic mass is 10.1. The number of carbonyl (C=O) groups is 3. The Morgan fingerprint density at radius 3 is 2.30 bits per heavy atom. The van der Waals surface area contributed by atoms with Crippen molar-refractivity contribution in [2.45, 2.75) is 0 Å². The summed E-state index contributed by atoms with van der Waals surface area (Å²) in [5.41, 5.74) is 0.728. The molecule has 0 fully saturated rings. The van der Waals surface area contributed by atoms with Crippen LogP contribution in [0.3, 0.4) is 0 Å². The summed E-state index contributed by atoms with van der Waals surface area (Å²) >= 11 is 3.12. The van der Waals surface area contributed by atoms with E-state index in [1.165, 1.54) is 18.2 Å². The monoisotopic (exact) mass is 470 g/mol. The van der Waals surface area contributed by atoms with Crippen LogP contribution in [-0.4, -0.2) is 24.4 Å². The molecule has 0 aliphatic heterocycles. The molecule has 0 bridgehead atoms. The van der Waals surface area contributed by atoms with Crippen molar-refractivity contribution < 1.29 is 23.5 Å². The molecule has 3 rings (SSSR count). The summed E-state index contributed by atoms with van der Waals surface area (Å²) in [4.78, 5) is 36.8. The molecule has 0 aliphatic carbocycles. The lowest BCUT2D eigenvalue weighted by Crippen LogP contribution is -2.22. The van der Waals surface area contributed by atoms with Crippen molar-refractivity contribution in [1.29, 1.82) is 0 Å². The highest BCUT2D eigenvalue weighted by atomic mass is 79.9. The lowest BCUT2D eigenvalue weighted by Gasteiger charge is -2.11. The molecule has 2 N–H and O–H groups in total. The van der Waals surface area contributed by atoms with E-state index in [2.05, 4.69) is 26.6 Å². The summed E-state index contributed by atoms with van der Waals surface area (Å²) in [7, 11) is 0. The molecule has 152 valence electrons. The van der Waals surface area contributed by atoms with E-state index >= 15 is 0 Å². The second kappa shape index (κ2) is 9.80. The van der Waals surface area contributed by atoms with Crippen LogP contribution in [0.2, 0.25) is 0 Å². The maximum absolute atomic E-state index is 13.8. The predicted molar refractivity (Wildman–Crippen MR) is 114 cm³/mol. The van der Waals surface area contributed by atoms with Gasteiger partial charge in [0.2, 0.25) is 0 Å². The largest absolute Gasteiger partial charge is 0.452 e. The van der Waals surface area contributed by atoms with Gasteiger partial charge in [-0.1, -0.05) is 46.3 Å². The Labute approximate surface area is 180 Å². The van der Waals surface area contributed by atoms with Crippen LogP contribution in [0.5, 0.6) is 0 Å². The molecule has 0 unspecified atom stereocenters. The van der Waals surface area contributed by atoms with E-state index in [0.29, 0.717) is 10.0 Å². The first-order valence-electron chi connectivity index (χ1n) is 8.81. The van der Waals surface area contributed by atoms with Gasteiger partial charge in [0.25, 0.3) is 11.8 Å². The molecule has 3 aromatic rings. The maximum atomic E-state index is 13.8. The Morgan fingerprint density at radius 2 is 1.57 bits per heavy atom. The first kappa shape index (κ1) is 21.2. The number of anilines is 2. The minimum absolute atomic E-state index is 0.0326. The third kappa shape index (κ3) is 5.51. The second-order valence-electron chi connectivity index (χ2n) is 6.11. The molecule has 30 heavy (non-hydrogen) atoms. The van der Waals surface area contributed by atoms with E-state index in [-0.39, 0.29) is 22.8 Å². The number of carbonyl (C=O) groups excluding carboxylic acids is 3. The molecule has 0 saturated carbocycles. The molecule has 0 atom stereocenters. The molecule has 2 amide bonds. The third-order valence-electron chi connectivity index (χ3n) is 3.97. The van der Waals surface area contributed by atoms with Gasteiger partial charge < -0.3 is 15.4 Å². The topological polar surface area (TPSA) is 84.5 Å². The fraction of sp³-hybridized carbons (Fsp3) is 0.0455. The molecule has 0 saturated heterocycles. The number of rotatable bonds is 6. The van der Waals surface area contributed by atoms with Gasteiger partial charge in [-0.3, -0.25) is 9.59 Å². The Morgan fingerprint density at radius 1 is 0.867 bits per heavy atom. The molecule has 0 radical (unpaired) electrons. The van der Waals surface area contributed by atoms with Crippen LogP contribution in [0.1, 0.15) is 20.7 Å². The van der Waals surface area contributed by atoms with E-state index in [4.69, 9.17) is 4.74 Å². The third-order valence-corrected chi connectivity index (χ3v) is 4.46. The number of para-hydroxylation sites is 1. The predicted octanol–water partition coefficient (Wildman–Crippen LogP) is 4.64.